The van der Waals surface area contributed by atoms with Gasteiger partial charge in [-0.2, -0.15) is 0 Å². The van der Waals surface area contributed by atoms with Crippen LogP contribution in [0, 0.1) is 0 Å². The molecule has 0 unspecified atom stereocenters. The van der Waals surface area contributed by atoms with E-state index in [2.05, 4.69) is 5.32 Å². The Balaban J connectivity index is 2.74. The molecule has 1 aliphatic rings. The van der Waals surface area contributed by atoms with Crippen LogP contribution in [0.3, 0.4) is 0 Å². The number of hydrogen-bond donors (Lipinski definition) is 1. The number of amides is 2. The zero-order valence-electron chi connectivity index (χ0n) is 8.27. The minimum atomic E-state index is -0.663. The van der Waals surface area contributed by atoms with Gasteiger partial charge in [-0.3, -0.25) is 19.3 Å². The van der Waals surface area contributed by atoms with E-state index < -0.39 is 6.04 Å². The van der Waals surface area contributed by atoms with E-state index in [1.165, 1.54) is 18.7 Å². The molecule has 15 heavy (non-hydrogen) atoms. The van der Waals surface area contributed by atoms with E-state index in [9.17, 15) is 14.4 Å². The minimum absolute atomic E-state index is 0.0934. The largest absolute Gasteiger partial charge is 0.301 e. The van der Waals surface area contributed by atoms with Crippen molar-refractivity contribution in [2.24, 2.45) is 0 Å². The highest BCUT2D eigenvalue weighted by Crippen LogP contribution is 2.15. The van der Waals surface area contributed by atoms with Crippen molar-refractivity contribution in [2.75, 3.05) is 5.75 Å². The van der Waals surface area contributed by atoms with Crippen LogP contribution in [0.5, 0.6) is 0 Å². The minimum Gasteiger partial charge on any atom is -0.301 e. The van der Waals surface area contributed by atoms with Gasteiger partial charge in [0.25, 0.3) is 0 Å². The van der Waals surface area contributed by atoms with Gasteiger partial charge in [-0.25, -0.2) is 0 Å². The Hall–Kier alpha value is -0.950. The third kappa shape index (κ3) is 2.75. The van der Waals surface area contributed by atoms with Crippen molar-refractivity contribution in [3.8, 4) is 0 Å². The predicted octanol–water partition coefficient (Wildman–Crippen LogP) is -0.102. The zero-order chi connectivity index (χ0) is 11.6. The summed E-state index contributed by atoms with van der Waals surface area (Å²) in [6.07, 6.45) is 0. The average Bonchev–Trinajstić information content (AvgIpc) is 2.37. The lowest BCUT2D eigenvalue weighted by atomic mass is 10.3. The van der Waals surface area contributed by atoms with Crippen LogP contribution in [0.15, 0.2) is 0 Å². The lowest BCUT2D eigenvalue weighted by molar-refractivity contribution is -0.130. The third-order valence-electron chi connectivity index (χ3n) is 1.85. The Bertz CT molecular complexity index is 343. The van der Waals surface area contributed by atoms with Gasteiger partial charge in [0, 0.05) is 19.6 Å². The van der Waals surface area contributed by atoms with Crippen LogP contribution in [0.4, 0.5) is 0 Å². The first kappa shape index (κ1) is 12.1. The highest BCUT2D eigenvalue weighted by atomic mass is 32.2. The van der Waals surface area contributed by atoms with E-state index in [0.717, 1.165) is 11.8 Å². The van der Waals surface area contributed by atoms with Gasteiger partial charge < -0.3 is 5.32 Å². The van der Waals surface area contributed by atoms with Crippen molar-refractivity contribution in [2.45, 2.75) is 19.9 Å². The molecule has 1 rings (SSSR count). The molecule has 1 atom stereocenters. The molecule has 0 radical (unpaired) electrons. The molecular weight excluding hydrogens is 236 g/mol. The van der Waals surface area contributed by atoms with Gasteiger partial charge >= 0.3 is 0 Å². The number of nitrogens with one attached hydrogen (secondary N) is 1. The average molecular weight is 246 g/mol. The van der Waals surface area contributed by atoms with E-state index >= 15 is 0 Å². The highest BCUT2D eigenvalue weighted by Gasteiger charge is 2.38. The van der Waals surface area contributed by atoms with Crippen LogP contribution in [0.2, 0.25) is 0 Å². The maximum atomic E-state index is 11.4. The van der Waals surface area contributed by atoms with Gasteiger partial charge in [-0.1, -0.05) is 11.8 Å². The van der Waals surface area contributed by atoms with Crippen molar-refractivity contribution < 1.29 is 14.4 Å². The smallest absolute Gasteiger partial charge is 0.250 e. The summed E-state index contributed by atoms with van der Waals surface area (Å²) in [6, 6.07) is -0.663. The van der Waals surface area contributed by atoms with E-state index in [4.69, 9.17) is 12.2 Å². The quantitative estimate of drug-likeness (QED) is 0.689. The topological polar surface area (TPSA) is 66.5 Å². The normalized spacial score (nSPS) is 20.4. The second-order valence-electron chi connectivity index (χ2n) is 3.00. The van der Waals surface area contributed by atoms with Crippen molar-refractivity contribution in [1.29, 1.82) is 0 Å². The Morgan fingerprint density at radius 3 is 2.60 bits per heavy atom. The lowest BCUT2D eigenvalue weighted by Gasteiger charge is -2.18. The summed E-state index contributed by atoms with van der Waals surface area (Å²) in [5, 5.41) is 2.41. The van der Waals surface area contributed by atoms with E-state index in [1.807, 2.05) is 0 Å². The molecule has 5 nitrogen and oxygen atoms in total. The molecule has 82 valence electrons. The summed E-state index contributed by atoms with van der Waals surface area (Å²) >= 11 is 5.83. The molecule has 2 amide bonds. The van der Waals surface area contributed by atoms with Gasteiger partial charge in [0.15, 0.2) is 10.2 Å². The molecule has 0 aromatic rings. The second kappa shape index (κ2) is 4.71. The molecule has 7 heteroatoms. The number of hydrogen-bond acceptors (Lipinski definition) is 5. The van der Waals surface area contributed by atoms with Crippen LogP contribution < -0.4 is 5.32 Å². The first-order chi connectivity index (χ1) is 6.93. The highest BCUT2D eigenvalue weighted by molar-refractivity contribution is 8.13. The van der Waals surface area contributed by atoms with Crippen molar-refractivity contribution in [3.05, 3.63) is 0 Å². The third-order valence-corrected chi connectivity index (χ3v) is 3.03. The zero-order valence-corrected chi connectivity index (χ0v) is 9.91. The summed E-state index contributed by atoms with van der Waals surface area (Å²) in [5.74, 6) is -0.391. The molecule has 1 fully saturated rings. The summed E-state index contributed by atoms with van der Waals surface area (Å²) < 4.78 is 0. The Morgan fingerprint density at radius 2 is 2.13 bits per heavy atom. The van der Waals surface area contributed by atoms with Gasteiger partial charge in [-0.05, 0) is 12.2 Å². The van der Waals surface area contributed by atoms with E-state index in [0.29, 0.717) is 0 Å². The van der Waals surface area contributed by atoms with E-state index in [-0.39, 0.29) is 27.8 Å². The Labute approximate surface area is 96.6 Å². The van der Waals surface area contributed by atoms with Crippen LogP contribution in [-0.4, -0.2) is 38.7 Å². The van der Waals surface area contributed by atoms with Crippen molar-refractivity contribution in [3.63, 3.8) is 0 Å². The summed E-state index contributed by atoms with van der Waals surface area (Å²) in [5.41, 5.74) is 0. The number of thioether (sulfide) groups is 1. The van der Waals surface area contributed by atoms with Crippen LogP contribution >= 0.6 is 24.0 Å². The van der Waals surface area contributed by atoms with Crippen LogP contribution in [0.1, 0.15) is 13.8 Å². The number of rotatable bonds is 2. The van der Waals surface area contributed by atoms with E-state index in [1.54, 1.807) is 0 Å². The lowest BCUT2D eigenvalue weighted by Crippen LogP contribution is -2.40. The molecule has 1 heterocycles. The maximum Gasteiger partial charge on any atom is 0.250 e. The molecule has 1 aliphatic heterocycles. The van der Waals surface area contributed by atoms with Crippen molar-refractivity contribution >= 4 is 46.0 Å². The SMILES string of the molecule is CC(=O)SC[C@H]1C(=O)NC(=S)N1C(C)=O. The Morgan fingerprint density at radius 1 is 1.53 bits per heavy atom. The summed E-state index contributed by atoms with van der Waals surface area (Å²) in [7, 11) is 0. The van der Waals surface area contributed by atoms with Crippen LogP contribution in [0.25, 0.3) is 0 Å². The molecule has 0 saturated carbocycles. The van der Waals surface area contributed by atoms with Gasteiger partial charge in [0.05, 0.1) is 0 Å². The van der Waals surface area contributed by atoms with Crippen molar-refractivity contribution in [1.82, 2.24) is 10.2 Å². The monoisotopic (exact) mass is 246 g/mol. The molecule has 1 saturated heterocycles. The molecule has 0 aromatic heterocycles. The van der Waals surface area contributed by atoms with Crippen LogP contribution in [-0.2, 0) is 14.4 Å². The fourth-order valence-electron chi connectivity index (χ4n) is 1.22. The molecule has 1 N–H and O–H groups in total. The van der Waals surface area contributed by atoms with Gasteiger partial charge in [-0.15, -0.1) is 0 Å². The summed E-state index contributed by atoms with van der Waals surface area (Å²) in [6.45, 7) is 2.74. The number of carbonyl (C=O) groups is 3. The molecular formula is C8H10N2O3S2. The molecule has 0 bridgehead atoms. The standard InChI is InChI=1S/C8H10N2O3S2/c1-4(11)10-6(3-15-5(2)12)7(13)9-8(10)14/h6H,3H2,1-2H3,(H,9,13,14)/t6-/m0/s1. The molecule has 0 aromatic carbocycles. The fourth-order valence-corrected chi connectivity index (χ4v) is 2.27. The summed E-state index contributed by atoms with van der Waals surface area (Å²) in [4.78, 5) is 34.6. The first-order valence-corrected chi connectivity index (χ1v) is 5.61. The second-order valence-corrected chi connectivity index (χ2v) is 4.59. The molecule has 0 aliphatic carbocycles. The number of nitrogens with zero attached hydrogens (tertiary/aromatic N) is 1. The predicted molar refractivity (Wildman–Crippen MR) is 60.2 cm³/mol. The number of thiocarbonyl (C=S) groups is 1. The Kier molecular flexibility index (Phi) is 3.81. The van der Waals surface area contributed by atoms with Gasteiger partial charge in [0.2, 0.25) is 11.8 Å². The fraction of sp³-hybridized carbons (Fsp3) is 0.500. The first-order valence-electron chi connectivity index (χ1n) is 4.21. The molecule has 0 spiro atoms. The van der Waals surface area contributed by atoms with Gasteiger partial charge in [0.1, 0.15) is 6.04 Å². The number of carbonyl (C=O) groups excluding carboxylic acids is 3. The maximum absolute atomic E-state index is 11.4.